The highest BCUT2D eigenvalue weighted by Gasteiger charge is 2.09. The zero-order chi connectivity index (χ0) is 14.5. The fourth-order valence-corrected chi connectivity index (χ4v) is 2.05. The van der Waals surface area contributed by atoms with E-state index in [4.69, 9.17) is 4.74 Å². The van der Waals surface area contributed by atoms with Crippen molar-refractivity contribution in [3.8, 4) is 5.75 Å². The number of halogens is 2. The Hall–Kier alpha value is -1.88. The van der Waals surface area contributed by atoms with Crippen LogP contribution in [0.25, 0.3) is 0 Å². The van der Waals surface area contributed by atoms with E-state index in [9.17, 15) is 9.18 Å². The van der Waals surface area contributed by atoms with Crippen LogP contribution in [0.1, 0.15) is 5.56 Å². The van der Waals surface area contributed by atoms with E-state index < -0.39 is 5.82 Å². The van der Waals surface area contributed by atoms with Gasteiger partial charge in [-0.2, -0.15) is 0 Å². The van der Waals surface area contributed by atoms with E-state index in [1.807, 2.05) is 18.2 Å². The molecule has 0 saturated carbocycles. The van der Waals surface area contributed by atoms with Crippen LogP contribution in [0.5, 0.6) is 5.75 Å². The van der Waals surface area contributed by atoms with Crippen molar-refractivity contribution < 1.29 is 13.9 Å². The van der Waals surface area contributed by atoms with E-state index >= 15 is 0 Å². The van der Waals surface area contributed by atoms with Crippen LogP contribution in [-0.2, 0) is 11.2 Å². The van der Waals surface area contributed by atoms with Crippen LogP contribution >= 0.6 is 15.9 Å². The number of anilines is 1. The van der Waals surface area contributed by atoms with E-state index in [0.717, 1.165) is 5.56 Å². The number of ether oxygens (including phenoxy) is 1. The Morgan fingerprint density at radius 2 is 2.05 bits per heavy atom. The Labute approximate surface area is 124 Å². The SMILES string of the molecule is COc1ccccc1CC(=O)Nc1ccc(Br)c(F)c1. The smallest absolute Gasteiger partial charge is 0.228 e. The fraction of sp³-hybridized carbons (Fsp3) is 0.133. The van der Waals surface area contributed by atoms with Gasteiger partial charge in [0.1, 0.15) is 11.6 Å². The summed E-state index contributed by atoms with van der Waals surface area (Å²) in [5, 5.41) is 2.65. The summed E-state index contributed by atoms with van der Waals surface area (Å²) in [6.45, 7) is 0. The first kappa shape index (κ1) is 14.5. The molecule has 0 aromatic heterocycles. The molecular weight excluding hydrogens is 325 g/mol. The van der Waals surface area contributed by atoms with Gasteiger partial charge in [0.2, 0.25) is 5.91 Å². The van der Waals surface area contributed by atoms with Crippen molar-refractivity contribution in [3.05, 3.63) is 58.3 Å². The van der Waals surface area contributed by atoms with Gasteiger partial charge in [0.05, 0.1) is 18.0 Å². The number of rotatable bonds is 4. The van der Waals surface area contributed by atoms with Gasteiger partial charge in [-0.15, -0.1) is 0 Å². The lowest BCUT2D eigenvalue weighted by molar-refractivity contribution is -0.115. The molecule has 0 heterocycles. The molecule has 2 aromatic carbocycles. The monoisotopic (exact) mass is 337 g/mol. The van der Waals surface area contributed by atoms with Gasteiger partial charge in [0.25, 0.3) is 0 Å². The Balaban J connectivity index is 2.07. The molecule has 2 rings (SSSR count). The molecule has 0 aliphatic rings. The molecule has 0 saturated heterocycles. The largest absolute Gasteiger partial charge is 0.496 e. The molecule has 1 amide bonds. The van der Waals surface area contributed by atoms with Crippen LogP contribution in [-0.4, -0.2) is 13.0 Å². The lowest BCUT2D eigenvalue weighted by atomic mass is 10.1. The van der Waals surface area contributed by atoms with Crippen LogP contribution in [0.4, 0.5) is 10.1 Å². The first-order valence-corrected chi connectivity index (χ1v) is 6.76. The summed E-state index contributed by atoms with van der Waals surface area (Å²) in [6.07, 6.45) is 0.168. The molecule has 3 nitrogen and oxygen atoms in total. The zero-order valence-corrected chi connectivity index (χ0v) is 12.4. The number of benzene rings is 2. The van der Waals surface area contributed by atoms with Crippen molar-refractivity contribution in [1.82, 2.24) is 0 Å². The maximum Gasteiger partial charge on any atom is 0.228 e. The first-order valence-electron chi connectivity index (χ1n) is 5.97. The molecule has 5 heteroatoms. The van der Waals surface area contributed by atoms with Crippen molar-refractivity contribution in [2.24, 2.45) is 0 Å². The Morgan fingerprint density at radius 3 is 2.75 bits per heavy atom. The predicted octanol–water partition coefficient (Wildman–Crippen LogP) is 3.78. The van der Waals surface area contributed by atoms with Crippen LogP contribution < -0.4 is 10.1 Å². The standard InChI is InChI=1S/C15H13BrFNO2/c1-20-14-5-3-2-4-10(14)8-15(19)18-11-6-7-12(16)13(17)9-11/h2-7,9H,8H2,1H3,(H,18,19). The summed E-state index contributed by atoms with van der Waals surface area (Å²) in [7, 11) is 1.56. The molecule has 2 aromatic rings. The highest BCUT2D eigenvalue weighted by molar-refractivity contribution is 9.10. The number of amides is 1. The number of carbonyl (C=O) groups is 1. The Kier molecular flexibility index (Phi) is 4.74. The highest BCUT2D eigenvalue weighted by Crippen LogP contribution is 2.21. The number of methoxy groups -OCH3 is 1. The molecule has 0 unspecified atom stereocenters. The van der Waals surface area contributed by atoms with Crippen LogP contribution in [0.2, 0.25) is 0 Å². The van der Waals surface area contributed by atoms with E-state index in [1.165, 1.54) is 6.07 Å². The second-order valence-electron chi connectivity index (χ2n) is 4.17. The van der Waals surface area contributed by atoms with Crippen molar-refractivity contribution in [2.75, 3.05) is 12.4 Å². The summed E-state index contributed by atoms with van der Waals surface area (Å²) in [5.41, 5.74) is 1.20. The summed E-state index contributed by atoms with van der Waals surface area (Å²) in [6, 6.07) is 11.7. The molecular formula is C15H13BrFNO2. The number of para-hydroxylation sites is 1. The number of carbonyl (C=O) groups excluding carboxylic acids is 1. The minimum atomic E-state index is -0.417. The molecule has 0 aliphatic carbocycles. The quantitative estimate of drug-likeness (QED) is 0.921. The van der Waals surface area contributed by atoms with E-state index in [1.54, 1.807) is 25.3 Å². The summed E-state index contributed by atoms with van der Waals surface area (Å²) >= 11 is 3.06. The minimum Gasteiger partial charge on any atom is -0.496 e. The van der Waals surface area contributed by atoms with E-state index in [0.29, 0.717) is 15.9 Å². The second kappa shape index (κ2) is 6.52. The van der Waals surface area contributed by atoms with E-state index in [-0.39, 0.29) is 12.3 Å². The van der Waals surface area contributed by atoms with E-state index in [2.05, 4.69) is 21.2 Å². The molecule has 0 fully saturated rings. The topological polar surface area (TPSA) is 38.3 Å². The Bertz CT molecular complexity index is 631. The third kappa shape index (κ3) is 3.57. The van der Waals surface area contributed by atoms with Crippen molar-refractivity contribution in [3.63, 3.8) is 0 Å². The number of nitrogens with one attached hydrogen (secondary N) is 1. The predicted molar refractivity (Wildman–Crippen MR) is 79.4 cm³/mol. The van der Waals surface area contributed by atoms with Crippen LogP contribution in [0.15, 0.2) is 46.9 Å². The van der Waals surface area contributed by atoms with Crippen molar-refractivity contribution in [1.29, 1.82) is 0 Å². The summed E-state index contributed by atoms with van der Waals surface area (Å²) in [4.78, 5) is 11.9. The maximum absolute atomic E-state index is 13.4. The third-order valence-electron chi connectivity index (χ3n) is 2.75. The van der Waals surface area contributed by atoms with Crippen molar-refractivity contribution in [2.45, 2.75) is 6.42 Å². The van der Waals surface area contributed by atoms with Gasteiger partial charge in [-0.1, -0.05) is 18.2 Å². The van der Waals surface area contributed by atoms with Crippen LogP contribution in [0, 0.1) is 5.82 Å². The second-order valence-corrected chi connectivity index (χ2v) is 5.02. The third-order valence-corrected chi connectivity index (χ3v) is 3.39. The Morgan fingerprint density at radius 1 is 1.30 bits per heavy atom. The lowest BCUT2D eigenvalue weighted by Gasteiger charge is -2.09. The number of hydrogen-bond donors (Lipinski definition) is 1. The summed E-state index contributed by atoms with van der Waals surface area (Å²) < 4.78 is 18.9. The highest BCUT2D eigenvalue weighted by atomic mass is 79.9. The fourth-order valence-electron chi connectivity index (χ4n) is 1.80. The average Bonchev–Trinajstić information content (AvgIpc) is 2.43. The molecule has 20 heavy (non-hydrogen) atoms. The lowest BCUT2D eigenvalue weighted by Crippen LogP contribution is -2.15. The van der Waals surface area contributed by atoms with Gasteiger partial charge < -0.3 is 10.1 Å². The molecule has 0 spiro atoms. The summed E-state index contributed by atoms with van der Waals surface area (Å²) in [5.74, 6) is 0.0148. The average molecular weight is 338 g/mol. The molecule has 0 bridgehead atoms. The molecule has 0 atom stereocenters. The van der Waals surface area contributed by atoms with Gasteiger partial charge in [0, 0.05) is 11.3 Å². The van der Waals surface area contributed by atoms with Gasteiger partial charge in [-0.3, -0.25) is 4.79 Å². The van der Waals surface area contributed by atoms with Gasteiger partial charge in [-0.25, -0.2) is 4.39 Å². The van der Waals surface area contributed by atoms with Gasteiger partial charge >= 0.3 is 0 Å². The normalized spacial score (nSPS) is 10.2. The zero-order valence-electron chi connectivity index (χ0n) is 10.8. The van der Waals surface area contributed by atoms with Gasteiger partial charge in [-0.05, 0) is 40.2 Å². The molecule has 0 aliphatic heterocycles. The first-order chi connectivity index (χ1) is 9.60. The molecule has 104 valence electrons. The van der Waals surface area contributed by atoms with Gasteiger partial charge in [0.15, 0.2) is 0 Å². The molecule has 1 N–H and O–H groups in total. The van der Waals surface area contributed by atoms with Crippen LogP contribution in [0.3, 0.4) is 0 Å². The minimum absolute atomic E-state index is 0.168. The van der Waals surface area contributed by atoms with Crippen molar-refractivity contribution >= 4 is 27.5 Å². The maximum atomic E-state index is 13.4. The number of hydrogen-bond acceptors (Lipinski definition) is 2. The molecule has 0 radical (unpaired) electrons.